The van der Waals surface area contributed by atoms with Crippen molar-refractivity contribution in [1.29, 1.82) is 0 Å². The van der Waals surface area contributed by atoms with Crippen molar-refractivity contribution in [2.75, 3.05) is 0 Å². The van der Waals surface area contributed by atoms with Gasteiger partial charge in [0.2, 0.25) is 0 Å². The molecule has 0 aliphatic rings. The number of rotatable bonds is 6. The molecule has 0 saturated carbocycles. The third-order valence-electron chi connectivity index (χ3n) is 10.5. The number of hydrogen-bond acceptors (Lipinski definition) is 5. The second kappa shape index (κ2) is 13.5. The third-order valence-corrected chi connectivity index (χ3v) is 12.9. The van der Waals surface area contributed by atoms with Crippen LogP contribution in [-0.4, -0.2) is 15.0 Å². The fraction of sp³-hybridized carbons (Fsp3) is 0. The summed E-state index contributed by atoms with van der Waals surface area (Å²) >= 11 is 3.70. The van der Waals surface area contributed by atoms with Crippen molar-refractivity contribution in [3.63, 3.8) is 0 Å². The van der Waals surface area contributed by atoms with E-state index in [1.165, 1.54) is 68.2 Å². The van der Waals surface area contributed by atoms with Crippen LogP contribution in [0.2, 0.25) is 0 Å². The second-order valence-electron chi connectivity index (χ2n) is 14.0. The van der Waals surface area contributed by atoms with E-state index in [0.29, 0.717) is 17.5 Å². The van der Waals surface area contributed by atoms with Crippen molar-refractivity contribution < 1.29 is 0 Å². The van der Waals surface area contributed by atoms with E-state index in [-0.39, 0.29) is 0 Å². The summed E-state index contributed by atoms with van der Waals surface area (Å²) in [4.78, 5) is 15.2. The highest BCUT2D eigenvalue weighted by atomic mass is 32.1. The maximum atomic E-state index is 5.10. The van der Waals surface area contributed by atoms with Crippen molar-refractivity contribution in [3.8, 4) is 67.5 Å². The van der Waals surface area contributed by atoms with E-state index in [2.05, 4.69) is 164 Å². The number of thiophene rings is 2. The first-order valence-corrected chi connectivity index (χ1v) is 20.3. The van der Waals surface area contributed by atoms with Crippen molar-refractivity contribution in [2.24, 2.45) is 0 Å². The molecule has 262 valence electrons. The van der Waals surface area contributed by atoms with Gasteiger partial charge in [0.05, 0.1) is 0 Å². The van der Waals surface area contributed by atoms with E-state index in [9.17, 15) is 0 Å². The fourth-order valence-corrected chi connectivity index (χ4v) is 10.2. The lowest BCUT2D eigenvalue weighted by atomic mass is 9.93. The molecule has 3 aromatic heterocycles. The molecule has 5 heteroatoms. The summed E-state index contributed by atoms with van der Waals surface area (Å²) in [7, 11) is 0. The summed E-state index contributed by atoms with van der Waals surface area (Å²) in [5, 5.41) is 5.11. The van der Waals surface area contributed by atoms with Gasteiger partial charge in [-0.3, -0.25) is 0 Å². The van der Waals surface area contributed by atoms with Crippen LogP contribution in [0.5, 0.6) is 0 Å². The lowest BCUT2D eigenvalue weighted by Crippen LogP contribution is -2.00. The van der Waals surface area contributed by atoms with Crippen LogP contribution in [-0.2, 0) is 0 Å². The summed E-state index contributed by atoms with van der Waals surface area (Å²) in [6.07, 6.45) is 0. The van der Waals surface area contributed by atoms with Gasteiger partial charge in [-0.15, -0.1) is 22.7 Å². The molecule has 0 spiro atoms. The smallest absolute Gasteiger partial charge is 0.164 e. The van der Waals surface area contributed by atoms with Gasteiger partial charge in [0.15, 0.2) is 17.5 Å². The Morgan fingerprint density at radius 2 is 0.839 bits per heavy atom. The molecule has 0 radical (unpaired) electrons. The van der Waals surface area contributed by atoms with Crippen molar-refractivity contribution in [1.82, 2.24) is 15.0 Å². The Labute approximate surface area is 331 Å². The average molecular weight is 750 g/mol. The molecule has 0 saturated heterocycles. The molecule has 0 unspecified atom stereocenters. The average Bonchev–Trinajstić information content (AvgIpc) is 3.85. The van der Waals surface area contributed by atoms with E-state index >= 15 is 0 Å². The van der Waals surface area contributed by atoms with E-state index < -0.39 is 0 Å². The Kier molecular flexibility index (Phi) is 7.87. The second-order valence-corrected chi connectivity index (χ2v) is 16.1. The Bertz CT molecular complexity index is 3220. The van der Waals surface area contributed by atoms with Gasteiger partial charge in [-0.25, -0.2) is 15.0 Å². The normalized spacial score (nSPS) is 11.6. The molecule has 0 bridgehead atoms. The van der Waals surface area contributed by atoms with Gasteiger partial charge in [0.1, 0.15) is 0 Å². The van der Waals surface area contributed by atoms with Crippen LogP contribution in [0.15, 0.2) is 188 Å². The minimum absolute atomic E-state index is 0.651. The maximum absolute atomic E-state index is 5.10. The van der Waals surface area contributed by atoms with Crippen LogP contribution in [0.1, 0.15) is 0 Å². The van der Waals surface area contributed by atoms with Crippen LogP contribution < -0.4 is 0 Å². The van der Waals surface area contributed by atoms with Crippen LogP contribution >= 0.6 is 22.7 Å². The highest BCUT2D eigenvalue weighted by Crippen LogP contribution is 2.46. The van der Waals surface area contributed by atoms with Crippen LogP contribution in [0.25, 0.3) is 108 Å². The molecule has 0 fully saturated rings. The first-order valence-electron chi connectivity index (χ1n) is 18.7. The maximum Gasteiger partial charge on any atom is 0.164 e. The first-order chi connectivity index (χ1) is 27.7. The summed E-state index contributed by atoms with van der Waals surface area (Å²) in [6.45, 7) is 0. The topological polar surface area (TPSA) is 38.7 Å². The lowest BCUT2D eigenvalue weighted by molar-refractivity contribution is 1.07. The number of fused-ring (bicyclic) bond motifs is 6. The van der Waals surface area contributed by atoms with Gasteiger partial charge >= 0.3 is 0 Å². The molecule has 11 aromatic rings. The van der Waals surface area contributed by atoms with E-state index in [1.54, 1.807) is 0 Å². The van der Waals surface area contributed by atoms with E-state index in [0.717, 1.165) is 22.3 Å². The van der Waals surface area contributed by atoms with Crippen LogP contribution in [0, 0.1) is 0 Å². The highest BCUT2D eigenvalue weighted by Gasteiger charge is 2.18. The van der Waals surface area contributed by atoms with Gasteiger partial charge in [-0.05, 0) is 58.1 Å². The predicted molar refractivity (Wildman–Crippen MR) is 238 cm³/mol. The SMILES string of the molecule is c1ccc(-c2ccc(-c3nc(-c4ccccc4)nc(-c4ccc5c(c4)sc4cccc(-c6cc(-c7ccccc7)c7sc8ccccc8c7c6)c45)n3)cc2)cc1. The Morgan fingerprint density at radius 1 is 0.286 bits per heavy atom. The monoisotopic (exact) mass is 749 g/mol. The zero-order valence-corrected chi connectivity index (χ0v) is 31.7. The third kappa shape index (κ3) is 5.68. The van der Waals surface area contributed by atoms with Gasteiger partial charge in [0.25, 0.3) is 0 Å². The van der Waals surface area contributed by atoms with Gasteiger partial charge in [-0.1, -0.05) is 158 Å². The zero-order valence-electron chi connectivity index (χ0n) is 30.1. The molecule has 0 aliphatic heterocycles. The Balaban J connectivity index is 1.05. The molecule has 56 heavy (non-hydrogen) atoms. The van der Waals surface area contributed by atoms with Crippen molar-refractivity contribution >= 4 is 63.0 Å². The summed E-state index contributed by atoms with van der Waals surface area (Å²) in [5.41, 5.74) is 10.2. The molecule has 8 aromatic carbocycles. The Hall–Kier alpha value is -6.79. The number of nitrogens with zero attached hydrogens (tertiary/aromatic N) is 3. The van der Waals surface area contributed by atoms with E-state index in [1.807, 2.05) is 46.9 Å². The van der Waals surface area contributed by atoms with Gasteiger partial charge in [0, 0.05) is 62.6 Å². The molecule has 0 N–H and O–H groups in total. The number of aromatic nitrogens is 3. The lowest BCUT2D eigenvalue weighted by Gasteiger charge is -2.11. The molecule has 3 nitrogen and oxygen atoms in total. The zero-order chi connectivity index (χ0) is 37.0. The standard InChI is InChI=1S/C51H31N3S2/c1-4-13-32(14-5-1)33-23-25-36(26-24-33)50-52-49(35-17-8-3-9-18-35)53-51(54-50)37-27-28-41-46(31-37)55-45-22-12-20-39(47(41)45)38-29-42(34-15-6-2-7-16-34)48-43(30-38)40-19-10-11-21-44(40)56-48/h1-31H. The molecule has 11 rings (SSSR count). The van der Waals surface area contributed by atoms with Crippen LogP contribution in [0.4, 0.5) is 0 Å². The van der Waals surface area contributed by atoms with Crippen molar-refractivity contribution in [2.45, 2.75) is 0 Å². The van der Waals surface area contributed by atoms with Crippen molar-refractivity contribution in [3.05, 3.63) is 188 Å². The first kappa shape index (κ1) is 32.6. The Morgan fingerprint density at radius 3 is 1.57 bits per heavy atom. The fourth-order valence-electron chi connectivity index (χ4n) is 7.81. The van der Waals surface area contributed by atoms with Gasteiger partial charge in [-0.2, -0.15) is 0 Å². The minimum Gasteiger partial charge on any atom is -0.208 e. The number of hydrogen-bond donors (Lipinski definition) is 0. The molecule has 0 amide bonds. The molecule has 0 aliphatic carbocycles. The molecular weight excluding hydrogens is 719 g/mol. The number of benzene rings is 8. The van der Waals surface area contributed by atoms with Crippen LogP contribution in [0.3, 0.4) is 0 Å². The molecule has 3 heterocycles. The molecular formula is C51H31N3S2. The minimum atomic E-state index is 0.651. The quantitative estimate of drug-likeness (QED) is 0.170. The highest BCUT2D eigenvalue weighted by molar-refractivity contribution is 7.26. The summed E-state index contributed by atoms with van der Waals surface area (Å²) in [6, 6.07) is 66.8. The summed E-state index contributed by atoms with van der Waals surface area (Å²) < 4.78 is 5.09. The predicted octanol–water partition coefficient (Wildman–Crippen LogP) is 14.6. The van der Waals surface area contributed by atoms with E-state index in [4.69, 9.17) is 15.0 Å². The summed E-state index contributed by atoms with van der Waals surface area (Å²) in [5.74, 6) is 1.96. The molecule has 0 atom stereocenters. The largest absolute Gasteiger partial charge is 0.208 e. The van der Waals surface area contributed by atoms with Gasteiger partial charge < -0.3 is 0 Å².